The van der Waals surface area contributed by atoms with Crippen molar-refractivity contribution in [1.29, 1.82) is 0 Å². The second-order valence-electron chi connectivity index (χ2n) is 1.15. The standard InChI is InChI=1S/C3H3BrNO2P/c4-1-2(6)5-3(8)7-1/h6H,8H2. The van der Waals surface area contributed by atoms with Crippen LogP contribution in [0.25, 0.3) is 0 Å². The molecule has 0 aliphatic heterocycles. The zero-order valence-corrected chi connectivity index (χ0v) is 6.50. The fraction of sp³-hybridized carbons (Fsp3) is 0. The van der Waals surface area contributed by atoms with Crippen molar-refractivity contribution in [2.45, 2.75) is 0 Å². The van der Waals surface area contributed by atoms with Gasteiger partial charge in [0.05, 0.1) is 0 Å². The van der Waals surface area contributed by atoms with Gasteiger partial charge in [-0.05, 0) is 25.2 Å². The van der Waals surface area contributed by atoms with E-state index in [0.717, 1.165) is 0 Å². The first kappa shape index (κ1) is 6.05. The van der Waals surface area contributed by atoms with Gasteiger partial charge in [-0.2, -0.15) is 4.98 Å². The van der Waals surface area contributed by atoms with Crippen molar-refractivity contribution >= 4 is 30.8 Å². The second kappa shape index (κ2) is 2.03. The van der Waals surface area contributed by atoms with E-state index in [1.54, 1.807) is 0 Å². The Morgan fingerprint density at radius 1 is 1.75 bits per heavy atom. The van der Waals surface area contributed by atoms with E-state index in [0.29, 0.717) is 5.63 Å². The van der Waals surface area contributed by atoms with Gasteiger partial charge in [0.15, 0.2) is 0 Å². The zero-order chi connectivity index (χ0) is 6.15. The van der Waals surface area contributed by atoms with E-state index >= 15 is 0 Å². The monoisotopic (exact) mass is 195 g/mol. The number of aromatic hydroxyl groups is 1. The summed E-state index contributed by atoms with van der Waals surface area (Å²) in [5.41, 5.74) is 0.370. The molecule has 0 spiro atoms. The third-order valence-electron chi connectivity index (χ3n) is 0.586. The molecule has 1 atom stereocenters. The molecular weight excluding hydrogens is 193 g/mol. The maximum atomic E-state index is 8.68. The summed E-state index contributed by atoms with van der Waals surface area (Å²) in [5.74, 6) is -0.116. The van der Waals surface area contributed by atoms with Crippen LogP contribution in [0.1, 0.15) is 0 Å². The van der Waals surface area contributed by atoms with Crippen LogP contribution < -0.4 is 5.63 Å². The molecule has 1 heterocycles. The fourth-order valence-electron chi connectivity index (χ4n) is 0.309. The third-order valence-corrected chi connectivity index (χ3v) is 1.35. The van der Waals surface area contributed by atoms with E-state index in [-0.39, 0.29) is 10.5 Å². The van der Waals surface area contributed by atoms with Crippen LogP contribution in [0.4, 0.5) is 0 Å². The maximum Gasteiger partial charge on any atom is 0.266 e. The summed E-state index contributed by atoms with van der Waals surface area (Å²) < 4.78 is 5.00. The third kappa shape index (κ3) is 1.01. The number of hydrogen-bond donors (Lipinski definition) is 1. The quantitative estimate of drug-likeness (QED) is 0.619. The van der Waals surface area contributed by atoms with Crippen LogP contribution in [0.5, 0.6) is 5.88 Å². The molecule has 1 rings (SSSR count). The van der Waals surface area contributed by atoms with Gasteiger partial charge in [0.1, 0.15) is 0 Å². The van der Waals surface area contributed by atoms with Gasteiger partial charge in [-0.1, -0.05) is 0 Å². The lowest BCUT2D eigenvalue weighted by molar-refractivity contribution is 0.439. The highest BCUT2D eigenvalue weighted by Crippen LogP contribution is 2.19. The first-order chi connectivity index (χ1) is 3.70. The molecule has 44 valence electrons. The van der Waals surface area contributed by atoms with Gasteiger partial charge in [0.25, 0.3) is 5.88 Å². The second-order valence-corrected chi connectivity index (χ2v) is 2.36. The molecule has 3 nitrogen and oxygen atoms in total. The highest BCUT2D eigenvalue weighted by Gasteiger charge is 2.03. The largest absolute Gasteiger partial charge is 0.490 e. The lowest BCUT2D eigenvalue weighted by atomic mass is 10.9. The number of hydrogen-bond acceptors (Lipinski definition) is 3. The Morgan fingerprint density at radius 2 is 2.38 bits per heavy atom. The summed E-state index contributed by atoms with van der Waals surface area (Å²) in [6, 6.07) is 0. The molecule has 0 amide bonds. The molecule has 0 aliphatic rings. The molecule has 1 aromatic heterocycles. The van der Waals surface area contributed by atoms with Gasteiger partial charge in [-0.3, -0.25) is 0 Å². The van der Waals surface area contributed by atoms with Crippen molar-refractivity contribution in [3.05, 3.63) is 4.67 Å². The smallest absolute Gasteiger partial charge is 0.266 e. The van der Waals surface area contributed by atoms with Crippen molar-refractivity contribution in [3.63, 3.8) is 0 Å². The predicted octanol–water partition coefficient (Wildman–Crippen LogP) is 0.643. The van der Waals surface area contributed by atoms with E-state index in [9.17, 15) is 0 Å². The van der Waals surface area contributed by atoms with Gasteiger partial charge in [0.2, 0.25) is 10.3 Å². The number of oxazole rings is 1. The summed E-state index contributed by atoms with van der Waals surface area (Å²) in [4.78, 5) is 3.52. The minimum absolute atomic E-state index is 0.116. The maximum absolute atomic E-state index is 8.68. The Hall–Kier alpha value is -0.0800. The molecule has 0 aromatic carbocycles. The molecular formula is C3H3BrNO2P. The summed E-state index contributed by atoms with van der Waals surface area (Å²) in [6.07, 6.45) is 0. The van der Waals surface area contributed by atoms with Gasteiger partial charge in [-0.25, -0.2) is 0 Å². The summed E-state index contributed by atoms with van der Waals surface area (Å²) in [5, 5.41) is 8.68. The Labute approximate surface area is 56.4 Å². The van der Waals surface area contributed by atoms with E-state index in [4.69, 9.17) is 9.52 Å². The summed E-state index contributed by atoms with van der Waals surface area (Å²) in [6.45, 7) is 0. The number of halogens is 1. The normalized spacial score (nSPS) is 9.75. The van der Waals surface area contributed by atoms with Gasteiger partial charge >= 0.3 is 0 Å². The topological polar surface area (TPSA) is 46.3 Å². The molecule has 0 saturated carbocycles. The van der Waals surface area contributed by atoms with Crippen LogP contribution >= 0.6 is 25.2 Å². The van der Waals surface area contributed by atoms with Crippen LogP contribution in [-0.2, 0) is 0 Å². The lowest BCUT2D eigenvalue weighted by Gasteiger charge is -1.73. The molecule has 0 radical (unpaired) electrons. The van der Waals surface area contributed by atoms with Crippen molar-refractivity contribution < 1.29 is 9.52 Å². The lowest BCUT2D eigenvalue weighted by Crippen LogP contribution is -1.84. The van der Waals surface area contributed by atoms with Crippen molar-refractivity contribution in [2.75, 3.05) is 0 Å². The average molecular weight is 196 g/mol. The molecule has 0 aliphatic carbocycles. The minimum Gasteiger partial charge on any atom is -0.490 e. The Balaban J connectivity index is 3.14. The SMILES string of the molecule is Oc1nc(P)oc1Br. The van der Waals surface area contributed by atoms with Gasteiger partial charge in [0, 0.05) is 0 Å². The Bertz CT molecular complexity index is 180. The highest BCUT2D eigenvalue weighted by molar-refractivity contribution is 9.10. The molecule has 0 fully saturated rings. The first-order valence-corrected chi connectivity index (χ1v) is 3.18. The van der Waals surface area contributed by atoms with Gasteiger partial charge < -0.3 is 9.52 Å². The van der Waals surface area contributed by atoms with E-state index < -0.39 is 0 Å². The molecule has 1 unspecified atom stereocenters. The highest BCUT2D eigenvalue weighted by atomic mass is 79.9. The molecule has 1 N–H and O–H groups in total. The van der Waals surface area contributed by atoms with E-state index in [1.807, 2.05) is 0 Å². The molecule has 5 heteroatoms. The van der Waals surface area contributed by atoms with Crippen molar-refractivity contribution in [1.82, 2.24) is 4.98 Å². The predicted molar refractivity (Wildman–Crippen MR) is 35.2 cm³/mol. The van der Waals surface area contributed by atoms with E-state index in [1.165, 1.54) is 0 Å². The Morgan fingerprint density at radius 3 is 2.50 bits per heavy atom. The molecule has 8 heavy (non-hydrogen) atoms. The van der Waals surface area contributed by atoms with Crippen molar-refractivity contribution in [2.24, 2.45) is 0 Å². The average Bonchev–Trinajstić information content (AvgIpc) is 1.85. The van der Waals surface area contributed by atoms with Crippen molar-refractivity contribution in [3.8, 4) is 5.88 Å². The van der Waals surface area contributed by atoms with Crippen LogP contribution in [0.15, 0.2) is 9.09 Å². The fourth-order valence-corrected chi connectivity index (χ4v) is 0.976. The van der Waals surface area contributed by atoms with E-state index in [2.05, 4.69) is 30.2 Å². The zero-order valence-electron chi connectivity index (χ0n) is 3.76. The van der Waals surface area contributed by atoms with Crippen LogP contribution in [0.2, 0.25) is 0 Å². The minimum atomic E-state index is -0.116. The first-order valence-electron chi connectivity index (χ1n) is 1.81. The summed E-state index contributed by atoms with van der Waals surface area (Å²) in [7, 11) is 2.22. The number of aromatic nitrogens is 1. The van der Waals surface area contributed by atoms with Crippen LogP contribution in [-0.4, -0.2) is 10.1 Å². The Kier molecular flexibility index (Phi) is 1.54. The number of rotatable bonds is 0. The van der Waals surface area contributed by atoms with Gasteiger partial charge in [-0.15, -0.1) is 0 Å². The van der Waals surface area contributed by atoms with Crippen LogP contribution in [0, 0.1) is 0 Å². The number of nitrogens with zero attached hydrogens (tertiary/aromatic N) is 1. The van der Waals surface area contributed by atoms with Crippen LogP contribution in [0.3, 0.4) is 0 Å². The summed E-state index contributed by atoms with van der Waals surface area (Å²) >= 11 is 2.92. The molecule has 0 saturated heterocycles. The molecule has 0 bridgehead atoms. The molecule has 1 aromatic rings.